The molecule has 1 N–H and O–H groups in total. The quantitative estimate of drug-likeness (QED) is 0.641. The van der Waals surface area contributed by atoms with E-state index >= 15 is 0 Å². The summed E-state index contributed by atoms with van der Waals surface area (Å²) in [6, 6.07) is 0.786. The lowest BCUT2D eigenvalue weighted by atomic mass is 9.75. The molecule has 1 rings (SSSR count). The number of rotatable bonds is 8. The van der Waals surface area contributed by atoms with Crippen LogP contribution >= 0.6 is 0 Å². The van der Waals surface area contributed by atoms with Gasteiger partial charge in [0.15, 0.2) is 0 Å². The van der Waals surface area contributed by atoms with Gasteiger partial charge in [-0.15, -0.1) is 0 Å². The van der Waals surface area contributed by atoms with Crippen LogP contribution in [0.2, 0.25) is 0 Å². The van der Waals surface area contributed by atoms with Crippen LogP contribution in [0.3, 0.4) is 0 Å². The summed E-state index contributed by atoms with van der Waals surface area (Å²) >= 11 is 0. The monoisotopic (exact) mass is 253 g/mol. The first-order valence-electron chi connectivity index (χ1n) is 8.44. The van der Waals surface area contributed by atoms with Crippen molar-refractivity contribution in [3.63, 3.8) is 0 Å². The Morgan fingerprint density at radius 2 is 1.94 bits per heavy atom. The van der Waals surface area contributed by atoms with Gasteiger partial charge in [0.05, 0.1) is 0 Å². The lowest BCUT2D eigenvalue weighted by Gasteiger charge is -2.36. The Kier molecular flexibility index (Phi) is 7.97. The molecule has 18 heavy (non-hydrogen) atoms. The smallest absolute Gasteiger partial charge is 0.00979 e. The van der Waals surface area contributed by atoms with E-state index in [9.17, 15) is 0 Å². The van der Waals surface area contributed by atoms with E-state index in [4.69, 9.17) is 0 Å². The average Bonchev–Trinajstić information content (AvgIpc) is 2.43. The topological polar surface area (TPSA) is 12.0 Å². The average molecular weight is 253 g/mol. The van der Waals surface area contributed by atoms with Gasteiger partial charge in [-0.05, 0) is 50.0 Å². The van der Waals surface area contributed by atoms with Gasteiger partial charge in [0.2, 0.25) is 0 Å². The summed E-state index contributed by atoms with van der Waals surface area (Å²) in [7, 11) is 0. The van der Waals surface area contributed by atoms with Crippen LogP contribution < -0.4 is 5.32 Å². The first-order valence-corrected chi connectivity index (χ1v) is 8.44. The van der Waals surface area contributed by atoms with Crippen LogP contribution in [0.25, 0.3) is 0 Å². The van der Waals surface area contributed by atoms with Gasteiger partial charge < -0.3 is 5.32 Å². The van der Waals surface area contributed by atoms with Gasteiger partial charge in [0, 0.05) is 6.04 Å². The van der Waals surface area contributed by atoms with Crippen LogP contribution in [0.15, 0.2) is 0 Å². The zero-order valence-corrected chi connectivity index (χ0v) is 13.2. The Morgan fingerprint density at radius 1 is 1.17 bits per heavy atom. The summed E-state index contributed by atoms with van der Waals surface area (Å²) in [6.45, 7) is 10.6. The lowest BCUT2D eigenvalue weighted by molar-refractivity contribution is 0.189. The van der Waals surface area contributed by atoms with E-state index in [1.54, 1.807) is 0 Å². The third-order valence-electron chi connectivity index (χ3n) is 4.98. The summed E-state index contributed by atoms with van der Waals surface area (Å²) < 4.78 is 0. The van der Waals surface area contributed by atoms with Crippen molar-refractivity contribution in [1.29, 1.82) is 0 Å². The van der Waals surface area contributed by atoms with Crippen molar-refractivity contribution in [2.75, 3.05) is 6.54 Å². The lowest BCUT2D eigenvalue weighted by Crippen LogP contribution is -2.40. The molecule has 1 aliphatic rings. The van der Waals surface area contributed by atoms with Crippen molar-refractivity contribution in [2.24, 2.45) is 17.8 Å². The predicted molar refractivity (Wildman–Crippen MR) is 81.9 cm³/mol. The highest BCUT2D eigenvalue weighted by Crippen LogP contribution is 2.34. The normalized spacial score (nSPS) is 28.0. The molecule has 4 unspecified atom stereocenters. The predicted octanol–water partition coefficient (Wildman–Crippen LogP) is 5.01. The molecule has 1 nitrogen and oxygen atoms in total. The van der Waals surface area contributed by atoms with E-state index in [0.717, 1.165) is 23.8 Å². The van der Waals surface area contributed by atoms with E-state index in [2.05, 4.69) is 33.0 Å². The Morgan fingerprint density at radius 3 is 2.56 bits per heavy atom. The second kappa shape index (κ2) is 8.96. The zero-order valence-electron chi connectivity index (χ0n) is 13.2. The SMILES string of the molecule is CCCNC(CC(C)CC)C1CCCC(CC)C1. The summed E-state index contributed by atoms with van der Waals surface area (Å²) in [5, 5.41) is 3.85. The van der Waals surface area contributed by atoms with Gasteiger partial charge in [-0.1, -0.05) is 53.4 Å². The molecule has 0 aromatic rings. The molecular formula is C17H35N. The first kappa shape index (κ1) is 16.0. The van der Waals surface area contributed by atoms with Crippen molar-refractivity contribution >= 4 is 0 Å². The fourth-order valence-corrected chi connectivity index (χ4v) is 3.44. The number of hydrogen-bond donors (Lipinski definition) is 1. The number of hydrogen-bond acceptors (Lipinski definition) is 1. The molecule has 1 heteroatoms. The zero-order chi connectivity index (χ0) is 13.4. The van der Waals surface area contributed by atoms with Crippen LogP contribution in [-0.2, 0) is 0 Å². The van der Waals surface area contributed by atoms with Crippen molar-refractivity contribution in [2.45, 2.75) is 85.1 Å². The van der Waals surface area contributed by atoms with E-state index in [1.165, 1.54) is 57.9 Å². The summed E-state index contributed by atoms with van der Waals surface area (Å²) in [5.74, 6) is 2.83. The minimum absolute atomic E-state index is 0.786. The molecule has 1 fully saturated rings. The Bertz CT molecular complexity index is 202. The van der Waals surface area contributed by atoms with Crippen molar-refractivity contribution in [3.05, 3.63) is 0 Å². The molecule has 0 aromatic heterocycles. The third-order valence-corrected chi connectivity index (χ3v) is 4.98. The van der Waals surface area contributed by atoms with Crippen LogP contribution in [0.5, 0.6) is 0 Å². The molecule has 4 atom stereocenters. The van der Waals surface area contributed by atoms with E-state index in [-0.39, 0.29) is 0 Å². The summed E-state index contributed by atoms with van der Waals surface area (Å²) in [5.41, 5.74) is 0. The van der Waals surface area contributed by atoms with Crippen LogP contribution in [0.4, 0.5) is 0 Å². The highest BCUT2D eigenvalue weighted by Gasteiger charge is 2.28. The van der Waals surface area contributed by atoms with E-state index in [0.29, 0.717) is 0 Å². The van der Waals surface area contributed by atoms with Gasteiger partial charge in [0.25, 0.3) is 0 Å². The largest absolute Gasteiger partial charge is 0.314 e. The van der Waals surface area contributed by atoms with Gasteiger partial charge in [-0.3, -0.25) is 0 Å². The first-order chi connectivity index (χ1) is 8.71. The Balaban J connectivity index is 2.51. The standard InChI is InChI=1S/C17H35N/c1-5-11-18-17(12-14(4)6-2)16-10-8-9-15(7-3)13-16/h14-18H,5-13H2,1-4H3. The van der Waals surface area contributed by atoms with Crippen molar-refractivity contribution < 1.29 is 0 Å². The minimum Gasteiger partial charge on any atom is -0.314 e. The summed E-state index contributed by atoms with van der Waals surface area (Å²) in [4.78, 5) is 0. The van der Waals surface area contributed by atoms with E-state index < -0.39 is 0 Å². The second-order valence-corrected chi connectivity index (χ2v) is 6.51. The van der Waals surface area contributed by atoms with Crippen molar-refractivity contribution in [3.8, 4) is 0 Å². The Hall–Kier alpha value is -0.0400. The van der Waals surface area contributed by atoms with Crippen LogP contribution in [0, 0.1) is 17.8 Å². The van der Waals surface area contributed by atoms with Gasteiger partial charge in [0.1, 0.15) is 0 Å². The summed E-state index contributed by atoms with van der Waals surface area (Å²) in [6.07, 6.45) is 11.3. The van der Waals surface area contributed by atoms with Gasteiger partial charge >= 0.3 is 0 Å². The maximum Gasteiger partial charge on any atom is 0.00979 e. The van der Waals surface area contributed by atoms with Gasteiger partial charge in [-0.25, -0.2) is 0 Å². The second-order valence-electron chi connectivity index (χ2n) is 6.51. The molecular weight excluding hydrogens is 218 g/mol. The molecule has 1 aliphatic carbocycles. The van der Waals surface area contributed by atoms with E-state index in [1.807, 2.05) is 0 Å². The van der Waals surface area contributed by atoms with Gasteiger partial charge in [-0.2, -0.15) is 0 Å². The maximum atomic E-state index is 3.85. The van der Waals surface area contributed by atoms with Crippen LogP contribution in [-0.4, -0.2) is 12.6 Å². The molecule has 0 bridgehead atoms. The molecule has 0 saturated heterocycles. The highest BCUT2D eigenvalue weighted by molar-refractivity contribution is 4.83. The van der Waals surface area contributed by atoms with Crippen molar-refractivity contribution in [1.82, 2.24) is 5.32 Å². The molecule has 0 spiro atoms. The third kappa shape index (κ3) is 5.30. The highest BCUT2D eigenvalue weighted by atomic mass is 14.9. The Labute approximate surface area is 115 Å². The molecule has 0 aromatic carbocycles. The minimum atomic E-state index is 0.786. The fraction of sp³-hybridized carbons (Fsp3) is 1.00. The molecule has 0 heterocycles. The molecule has 0 aliphatic heterocycles. The molecule has 108 valence electrons. The fourth-order valence-electron chi connectivity index (χ4n) is 3.44. The molecule has 0 radical (unpaired) electrons. The van der Waals surface area contributed by atoms with Crippen LogP contribution in [0.1, 0.15) is 79.1 Å². The molecule has 0 amide bonds. The number of nitrogens with one attached hydrogen (secondary N) is 1. The molecule has 1 saturated carbocycles. The maximum absolute atomic E-state index is 3.85.